The second kappa shape index (κ2) is 7.02. The third-order valence-electron chi connectivity index (χ3n) is 2.53. The molecule has 8 heteroatoms. The summed E-state index contributed by atoms with van der Waals surface area (Å²) in [6, 6.07) is 7.64. The molecule has 0 spiro atoms. The topological polar surface area (TPSA) is 100 Å². The van der Waals surface area contributed by atoms with Crippen molar-refractivity contribution in [1.82, 2.24) is 10.3 Å². The molecule has 0 atom stereocenters. The van der Waals surface area contributed by atoms with E-state index in [1.807, 2.05) is 5.32 Å². The Balaban J connectivity index is 1.78. The molecule has 1 aromatic carbocycles. The van der Waals surface area contributed by atoms with Crippen LogP contribution in [0.1, 0.15) is 10.5 Å². The van der Waals surface area contributed by atoms with Gasteiger partial charge in [0.25, 0.3) is 5.91 Å². The molecule has 3 N–H and O–H groups in total. The molecular formula is C14H12FN3O4. The maximum atomic E-state index is 13.3. The molecule has 1 heterocycles. The van der Waals surface area contributed by atoms with Crippen LogP contribution in [-0.2, 0) is 9.53 Å². The quantitative estimate of drug-likeness (QED) is 0.748. The van der Waals surface area contributed by atoms with E-state index in [-0.39, 0.29) is 11.4 Å². The Morgan fingerprint density at radius 3 is 2.59 bits per heavy atom. The number of amides is 3. The van der Waals surface area contributed by atoms with Crippen LogP contribution >= 0.6 is 0 Å². The van der Waals surface area contributed by atoms with Crippen LogP contribution in [0.3, 0.4) is 0 Å². The largest absolute Gasteiger partial charge is 0.451 e. The fourth-order valence-corrected chi connectivity index (χ4v) is 1.55. The fraction of sp³-hybridized carbons (Fsp3) is 0.0714. The van der Waals surface area contributed by atoms with Gasteiger partial charge in [0.2, 0.25) is 0 Å². The van der Waals surface area contributed by atoms with Crippen LogP contribution in [0.4, 0.5) is 14.9 Å². The predicted molar refractivity (Wildman–Crippen MR) is 74.6 cm³/mol. The van der Waals surface area contributed by atoms with Gasteiger partial charge in [-0.15, -0.1) is 0 Å². The van der Waals surface area contributed by atoms with Crippen molar-refractivity contribution in [3.8, 4) is 0 Å². The van der Waals surface area contributed by atoms with Gasteiger partial charge in [0.15, 0.2) is 6.61 Å². The number of para-hydroxylation sites is 1. The van der Waals surface area contributed by atoms with Crippen LogP contribution in [0.5, 0.6) is 0 Å². The highest BCUT2D eigenvalue weighted by atomic mass is 19.1. The molecule has 0 aliphatic carbocycles. The van der Waals surface area contributed by atoms with Gasteiger partial charge in [0.05, 0.1) is 5.69 Å². The van der Waals surface area contributed by atoms with Crippen LogP contribution in [0.25, 0.3) is 0 Å². The summed E-state index contributed by atoms with van der Waals surface area (Å²) >= 11 is 0. The molecule has 1 aromatic heterocycles. The lowest BCUT2D eigenvalue weighted by atomic mass is 10.3. The second-order valence-electron chi connectivity index (χ2n) is 4.14. The zero-order valence-corrected chi connectivity index (χ0v) is 11.3. The highest BCUT2D eigenvalue weighted by Gasteiger charge is 2.13. The highest BCUT2D eigenvalue weighted by Crippen LogP contribution is 2.11. The number of ether oxygens (including phenoxy) is 1. The van der Waals surface area contributed by atoms with Gasteiger partial charge in [-0.25, -0.2) is 14.0 Å². The number of rotatable bonds is 4. The molecule has 0 bridgehead atoms. The van der Waals surface area contributed by atoms with Crippen molar-refractivity contribution < 1.29 is 23.5 Å². The average molecular weight is 305 g/mol. The third kappa shape index (κ3) is 4.17. The minimum atomic E-state index is -0.925. The van der Waals surface area contributed by atoms with E-state index in [1.165, 1.54) is 30.5 Å². The lowest BCUT2D eigenvalue weighted by Crippen LogP contribution is -2.37. The number of nitrogens with one attached hydrogen (secondary N) is 3. The number of carbonyl (C=O) groups excluding carboxylic acids is 3. The summed E-state index contributed by atoms with van der Waals surface area (Å²) < 4.78 is 18.0. The summed E-state index contributed by atoms with van der Waals surface area (Å²) in [6.07, 6.45) is 1.53. The Kier molecular flexibility index (Phi) is 4.86. The summed E-state index contributed by atoms with van der Waals surface area (Å²) in [4.78, 5) is 37.0. The molecule has 0 fully saturated rings. The van der Waals surface area contributed by atoms with E-state index in [0.717, 1.165) is 6.07 Å². The van der Waals surface area contributed by atoms with Crippen LogP contribution in [0.2, 0.25) is 0 Å². The van der Waals surface area contributed by atoms with Gasteiger partial charge in [-0.1, -0.05) is 12.1 Å². The van der Waals surface area contributed by atoms with Crippen LogP contribution in [0, 0.1) is 5.82 Å². The zero-order valence-electron chi connectivity index (χ0n) is 11.3. The predicted octanol–water partition coefficient (Wildman–Crippen LogP) is 1.66. The number of imide groups is 1. The van der Waals surface area contributed by atoms with E-state index in [1.54, 1.807) is 6.07 Å². The van der Waals surface area contributed by atoms with Crippen molar-refractivity contribution in [2.75, 3.05) is 11.9 Å². The standard InChI is InChI=1S/C14H12FN3O4/c15-9-4-1-2-5-10(9)17-14(21)18-12(19)8-22-13(20)11-6-3-7-16-11/h1-7,16H,8H2,(H2,17,18,19,21). The van der Waals surface area contributed by atoms with E-state index in [9.17, 15) is 18.8 Å². The first kappa shape index (κ1) is 15.2. The Bertz CT molecular complexity index is 685. The normalized spacial score (nSPS) is 9.86. The molecular weight excluding hydrogens is 293 g/mol. The fourth-order valence-electron chi connectivity index (χ4n) is 1.55. The molecule has 7 nitrogen and oxygen atoms in total. The lowest BCUT2D eigenvalue weighted by Gasteiger charge is -2.07. The number of urea groups is 1. The SMILES string of the molecule is O=C(COC(=O)c1ccc[nH]1)NC(=O)Nc1ccccc1F. The molecule has 0 radical (unpaired) electrons. The highest BCUT2D eigenvalue weighted by molar-refractivity contribution is 6.02. The van der Waals surface area contributed by atoms with Gasteiger partial charge in [0, 0.05) is 6.20 Å². The Labute approximate surface area is 124 Å². The van der Waals surface area contributed by atoms with Crippen LogP contribution in [-0.4, -0.2) is 29.5 Å². The zero-order chi connectivity index (χ0) is 15.9. The molecule has 22 heavy (non-hydrogen) atoms. The molecule has 114 valence electrons. The van der Waals surface area contributed by atoms with Crippen LogP contribution < -0.4 is 10.6 Å². The van der Waals surface area contributed by atoms with Crippen molar-refractivity contribution in [3.05, 3.63) is 54.1 Å². The minimum Gasteiger partial charge on any atom is -0.451 e. The molecule has 3 amide bonds. The van der Waals surface area contributed by atoms with Crippen molar-refractivity contribution in [2.24, 2.45) is 0 Å². The monoisotopic (exact) mass is 305 g/mol. The number of anilines is 1. The van der Waals surface area contributed by atoms with Crippen molar-refractivity contribution in [1.29, 1.82) is 0 Å². The van der Waals surface area contributed by atoms with E-state index in [0.29, 0.717) is 0 Å². The molecule has 2 aromatic rings. The number of esters is 1. The summed E-state index contributed by atoms with van der Waals surface area (Å²) in [5, 5.41) is 4.08. The summed E-state index contributed by atoms with van der Waals surface area (Å²) in [5.41, 5.74) is 0.111. The van der Waals surface area contributed by atoms with Crippen molar-refractivity contribution in [2.45, 2.75) is 0 Å². The Hall–Kier alpha value is -3.16. The molecule has 0 unspecified atom stereocenters. The van der Waals surface area contributed by atoms with Gasteiger partial charge in [-0.3, -0.25) is 10.1 Å². The average Bonchev–Trinajstić information content (AvgIpc) is 3.01. The van der Waals surface area contributed by atoms with Gasteiger partial charge in [0.1, 0.15) is 11.5 Å². The summed E-state index contributed by atoms with van der Waals surface area (Å²) in [6.45, 7) is -0.636. The maximum absolute atomic E-state index is 13.3. The third-order valence-corrected chi connectivity index (χ3v) is 2.53. The summed E-state index contributed by atoms with van der Waals surface area (Å²) in [7, 11) is 0. The van der Waals surface area contributed by atoms with Crippen molar-refractivity contribution in [3.63, 3.8) is 0 Å². The number of aromatic amines is 1. The smallest absolute Gasteiger partial charge is 0.355 e. The van der Waals surface area contributed by atoms with E-state index in [2.05, 4.69) is 15.0 Å². The number of aromatic nitrogens is 1. The van der Waals surface area contributed by atoms with Gasteiger partial charge in [-0.05, 0) is 24.3 Å². The first-order valence-corrected chi connectivity index (χ1v) is 6.22. The Morgan fingerprint density at radius 2 is 1.91 bits per heavy atom. The van der Waals surface area contributed by atoms with Gasteiger partial charge in [-0.2, -0.15) is 0 Å². The molecule has 0 saturated carbocycles. The Morgan fingerprint density at radius 1 is 1.14 bits per heavy atom. The number of benzene rings is 1. The first-order valence-electron chi connectivity index (χ1n) is 6.22. The lowest BCUT2D eigenvalue weighted by molar-refractivity contribution is -0.123. The van der Waals surface area contributed by atoms with Gasteiger partial charge >= 0.3 is 12.0 Å². The number of H-pyrrole nitrogens is 1. The molecule has 0 saturated heterocycles. The molecule has 0 aliphatic rings. The van der Waals surface area contributed by atoms with Gasteiger partial charge < -0.3 is 15.0 Å². The minimum absolute atomic E-state index is 0.0730. The molecule has 0 aliphatic heterocycles. The second-order valence-corrected chi connectivity index (χ2v) is 4.14. The van der Waals surface area contributed by atoms with E-state index in [4.69, 9.17) is 0 Å². The van der Waals surface area contributed by atoms with E-state index >= 15 is 0 Å². The van der Waals surface area contributed by atoms with Crippen molar-refractivity contribution >= 4 is 23.6 Å². The van der Waals surface area contributed by atoms with Crippen LogP contribution in [0.15, 0.2) is 42.6 Å². The number of hydrogen-bond acceptors (Lipinski definition) is 4. The number of carbonyl (C=O) groups is 3. The number of halogens is 1. The first-order chi connectivity index (χ1) is 10.6. The number of hydrogen-bond donors (Lipinski definition) is 3. The maximum Gasteiger partial charge on any atom is 0.355 e. The van der Waals surface area contributed by atoms with E-state index < -0.39 is 30.3 Å². The summed E-state index contributed by atoms with van der Waals surface area (Å²) in [5.74, 6) is -2.20. The molecule has 2 rings (SSSR count).